The third-order valence-electron chi connectivity index (χ3n) is 5.20. The van der Waals surface area contributed by atoms with E-state index in [4.69, 9.17) is 0 Å². The number of carbonyl (C=O) groups excluding carboxylic acids is 1. The smallest absolute Gasteiger partial charge is 0.280 e. The van der Waals surface area contributed by atoms with Gasteiger partial charge in [-0.1, -0.05) is 22.0 Å². The Hall–Kier alpha value is -2.96. The lowest BCUT2D eigenvalue weighted by molar-refractivity contribution is 0.0765. The number of anilines is 1. The molecule has 3 heterocycles. The summed E-state index contributed by atoms with van der Waals surface area (Å²) in [4.78, 5) is 18.4. The fourth-order valence-corrected chi connectivity index (χ4v) is 6.07. The van der Waals surface area contributed by atoms with Crippen molar-refractivity contribution in [1.82, 2.24) is 14.3 Å². The number of fused-ring (bicyclic) bond motifs is 2. The van der Waals surface area contributed by atoms with E-state index in [0.29, 0.717) is 20.1 Å². The zero-order chi connectivity index (χ0) is 23.3. The Balaban J connectivity index is 1.49. The molecule has 5 rings (SSSR count). The summed E-state index contributed by atoms with van der Waals surface area (Å²) in [6, 6.07) is 7.97. The van der Waals surface area contributed by atoms with Crippen LogP contribution in [-0.2, 0) is 23.1 Å². The van der Waals surface area contributed by atoms with Crippen LogP contribution in [0.2, 0.25) is 0 Å². The number of nitrogens with one attached hydrogen (secondary N) is 1. The van der Waals surface area contributed by atoms with E-state index in [0.717, 1.165) is 23.7 Å². The van der Waals surface area contributed by atoms with Crippen LogP contribution in [0.1, 0.15) is 21.5 Å². The summed E-state index contributed by atoms with van der Waals surface area (Å²) < 4.78 is 61.4. The Morgan fingerprint density at radius 1 is 1.18 bits per heavy atom. The van der Waals surface area contributed by atoms with Crippen molar-refractivity contribution in [3.05, 3.63) is 81.6 Å². The second-order valence-electron chi connectivity index (χ2n) is 7.34. The molecule has 33 heavy (non-hydrogen) atoms. The van der Waals surface area contributed by atoms with Gasteiger partial charge in [0.25, 0.3) is 15.9 Å². The van der Waals surface area contributed by atoms with Crippen LogP contribution in [0.5, 0.6) is 0 Å². The molecule has 0 saturated heterocycles. The zero-order valence-electron chi connectivity index (χ0n) is 16.5. The largest absolute Gasteiger partial charge is 0.330 e. The van der Waals surface area contributed by atoms with Crippen LogP contribution in [0, 0.1) is 11.6 Å². The molecule has 12 heteroatoms. The first-order valence-electron chi connectivity index (χ1n) is 9.51. The molecule has 0 bridgehead atoms. The van der Waals surface area contributed by atoms with Crippen molar-refractivity contribution in [2.45, 2.75) is 18.1 Å². The molecule has 0 radical (unpaired) electrons. The van der Waals surface area contributed by atoms with Gasteiger partial charge < -0.3 is 4.90 Å². The van der Waals surface area contributed by atoms with Crippen LogP contribution >= 0.6 is 27.5 Å². The molecule has 7 nitrogen and oxygen atoms in total. The molecule has 2 aromatic heterocycles. The maximum Gasteiger partial charge on any atom is 0.280 e. The predicted octanol–water partition coefficient (Wildman–Crippen LogP) is 4.69. The summed E-state index contributed by atoms with van der Waals surface area (Å²) in [5.41, 5.74) is 1.09. The number of halogens is 3. The number of amides is 1. The summed E-state index contributed by atoms with van der Waals surface area (Å²) >= 11 is 4.47. The third-order valence-corrected chi connectivity index (χ3v) is 7.75. The molecular formula is C21H13BrF2N4O3S2. The second kappa shape index (κ2) is 8.12. The van der Waals surface area contributed by atoms with Crippen LogP contribution in [0.4, 0.5) is 14.5 Å². The van der Waals surface area contributed by atoms with Gasteiger partial charge in [0.05, 0.1) is 22.0 Å². The first-order valence-corrected chi connectivity index (χ1v) is 12.6. The SMILES string of the molecule is O=C1c2cc(Br)cc(NS(=O)(=O)c3nccc4sncc34)c2CN1Cc1ccc(F)cc1F. The van der Waals surface area contributed by atoms with E-state index in [1.165, 1.54) is 23.4 Å². The van der Waals surface area contributed by atoms with E-state index in [1.54, 1.807) is 18.2 Å². The fraction of sp³-hybridized carbons (Fsp3) is 0.0952. The molecule has 0 spiro atoms. The van der Waals surface area contributed by atoms with Crippen molar-refractivity contribution in [2.75, 3.05) is 4.72 Å². The van der Waals surface area contributed by atoms with Gasteiger partial charge in [-0.2, -0.15) is 12.8 Å². The Morgan fingerprint density at radius 3 is 2.79 bits per heavy atom. The number of rotatable bonds is 5. The Morgan fingerprint density at radius 2 is 2.00 bits per heavy atom. The maximum atomic E-state index is 14.1. The molecular weight excluding hydrogens is 538 g/mol. The summed E-state index contributed by atoms with van der Waals surface area (Å²) in [7, 11) is -4.10. The van der Waals surface area contributed by atoms with Gasteiger partial charge in [-0.25, -0.2) is 13.8 Å². The van der Waals surface area contributed by atoms with E-state index < -0.39 is 27.6 Å². The maximum absolute atomic E-state index is 14.1. The number of sulfonamides is 1. The van der Waals surface area contributed by atoms with Crippen molar-refractivity contribution in [2.24, 2.45) is 0 Å². The molecule has 0 aliphatic carbocycles. The Labute approximate surface area is 199 Å². The van der Waals surface area contributed by atoms with Gasteiger partial charge in [0, 0.05) is 46.5 Å². The molecule has 2 aromatic carbocycles. The van der Waals surface area contributed by atoms with Crippen molar-refractivity contribution in [1.29, 1.82) is 0 Å². The topological polar surface area (TPSA) is 92.3 Å². The quantitative estimate of drug-likeness (QED) is 0.389. The minimum absolute atomic E-state index is 0.0494. The van der Waals surface area contributed by atoms with Crippen molar-refractivity contribution < 1.29 is 22.0 Å². The molecule has 0 unspecified atom stereocenters. The van der Waals surface area contributed by atoms with E-state index in [1.807, 2.05) is 0 Å². The number of hydrogen-bond donors (Lipinski definition) is 1. The van der Waals surface area contributed by atoms with Crippen LogP contribution in [0.3, 0.4) is 0 Å². The van der Waals surface area contributed by atoms with E-state index >= 15 is 0 Å². The molecule has 1 amide bonds. The normalized spacial score (nSPS) is 13.5. The number of nitrogens with zero attached hydrogens (tertiary/aromatic N) is 3. The lowest BCUT2D eigenvalue weighted by Gasteiger charge is -2.16. The number of pyridine rings is 1. The highest BCUT2D eigenvalue weighted by atomic mass is 79.9. The van der Waals surface area contributed by atoms with Crippen LogP contribution < -0.4 is 4.72 Å². The van der Waals surface area contributed by atoms with Gasteiger partial charge in [-0.3, -0.25) is 9.52 Å². The van der Waals surface area contributed by atoms with Gasteiger partial charge in [-0.05, 0) is 35.8 Å². The average molecular weight is 551 g/mol. The van der Waals surface area contributed by atoms with Gasteiger partial charge in [0.2, 0.25) is 0 Å². The molecule has 0 atom stereocenters. The standard InChI is InChI=1S/C21H13BrF2N4O3S2/c22-12-5-14-16(10-28(21(14)29)9-11-1-2-13(23)7-17(11)24)18(6-12)27-33(30,31)20-15-8-26-32-19(15)3-4-25-20/h1-8,27H,9-10H2. The zero-order valence-corrected chi connectivity index (χ0v) is 19.8. The predicted molar refractivity (Wildman–Crippen MR) is 122 cm³/mol. The van der Waals surface area contributed by atoms with E-state index in [-0.39, 0.29) is 34.9 Å². The Kier molecular flexibility index (Phi) is 5.38. The van der Waals surface area contributed by atoms with Crippen molar-refractivity contribution in [3.8, 4) is 0 Å². The Bertz CT molecular complexity index is 1540. The van der Waals surface area contributed by atoms with Gasteiger partial charge >= 0.3 is 0 Å². The van der Waals surface area contributed by atoms with Crippen molar-refractivity contribution >= 4 is 59.2 Å². The second-order valence-corrected chi connectivity index (χ2v) is 10.7. The lowest BCUT2D eigenvalue weighted by Crippen LogP contribution is -2.23. The molecule has 1 aliphatic rings. The van der Waals surface area contributed by atoms with Gasteiger partial charge in [0.1, 0.15) is 11.6 Å². The highest BCUT2D eigenvalue weighted by Gasteiger charge is 2.32. The minimum atomic E-state index is -4.10. The first kappa shape index (κ1) is 21.9. The van der Waals surface area contributed by atoms with Crippen LogP contribution in [-0.4, -0.2) is 28.6 Å². The molecule has 168 valence electrons. The highest BCUT2D eigenvalue weighted by molar-refractivity contribution is 9.10. The highest BCUT2D eigenvalue weighted by Crippen LogP contribution is 2.35. The minimum Gasteiger partial charge on any atom is -0.330 e. The summed E-state index contributed by atoms with van der Waals surface area (Å²) in [5.74, 6) is -1.86. The van der Waals surface area contributed by atoms with Gasteiger partial charge in [-0.15, -0.1) is 0 Å². The van der Waals surface area contributed by atoms with E-state index in [2.05, 4.69) is 30.0 Å². The molecule has 1 aliphatic heterocycles. The summed E-state index contributed by atoms with van der Waals surface area (Å²) in [6.45, 7) is -0.0430. The number of carbonyl (C=O) groups is 1. The van der Waals surface area contributed by atoms with Crippen LogP contribution in [0.15, 0.2) is 58.3 Å². The molecule has 0 saturated carbocycles. The number of aromatic nitrogens is 2. The number of benzene rings is 2. The first-order chi connectivity index (χ1) is 15.7. The molecule has 1 N–H and O–H groups in total. The van der Waals surface area contributed by atoms with Crippen LogP contribution in [0.25, 0.3) is 10.1 Å². The lowest BCUT2D eigenvalue weighted by atomic mass is 10.1. The summed E-state index contributed by atoms with van der Waals surface area (Å²) in [6.07, 6.45) is 2.83. The number of hydrogen-bond acceptors (Lipinski definition) is 6. The summed E-state index contributed by atoms with van der Waals surface area (Å²) in [5, 5.41) is 0.225. The van der Waals surface area contributed by atoms with Gasteiger partial charge in [0.15, 0.2) is 5.03 Å². The monoisotopic (exact) mass is 550 g/mol. The third kappa shape index (κ3) is 3.98. The van der Waals surface area contributed by atoms with Crippen molar-refractivity contribution in [3.63, 3.8) is 0 Å². The fourth-order valence-electron chi connectivity index (χ4n) is 3.68. The average Bonchev–Trinajstić information content (AvgIpc) is 3.35. The molecule has 0 fully saturated rings. The van der Waals surface area contributed by atoms with E-state index in [9.17, 15) is 22.0 Å². The molecule has 4 aromatic rings.